The molecule has 5 aromatic rings. The Morgan fingerprint density at radius 2 is 1.52 bits per heavy atom. The van der Waals surface area contributed by atoms with Gasteiger partial charge in [0.15, 0.2) is 11.5 Å². The molecule has 342 valence electrons. The van der Waals surface area contributed by atoms with Crippen LogP contribution >= 0.6 is 0 Å². The third-order valence-corrected chi connectivity index (χ3v) is 13.8. The normalized spacial score (nSPS) is 16.3. The van der Waals surface area contributed by atoms with E-state index in [1.54, 1.807) is 37.3 Å². The van der Waals surface area contributed by atoms with E-state index < -0.39 is 16.0 Å². The molecule has 3 N–H and O–H groups in total. The SMILES string of the molecule is CCN1/C(=C/C=C/C=C/C2=[N+](CCCCS(=O)(=O)O)c3ccc4ccccc4c3C2(C)C)C(C)(C)c2cc(CC(=O)NCCNC(=O)[C@@H](C)c3cccc(C(=O)c4ccccc4)c3)ccc21. The summed E-state index contributed by atoms with van der Waals surface area (Å²) >= 11 is 0. The fraction of sp³-hybridized carbons (Fsp3) is 0.309. The van der Waals surface area contributed by atoms with E-state index >= 15 is 0 Å². The van der Waals surface area contributed by atoms with E-state index in [1.807, 2.05) is 42.5 Å². The van der Waals surface area contributed by atoms with Crippen molar-refractivity contribution in [2.45, 2.75) is 77.6 Å². The zero-order chi connectivity index (χ0) is 47.2. The second-order valence-electron chi connectivity index (χ2n) is 18.2. The van der Waals surface area contributed by atoms with Crippen LogP contribution in [0.2, 0.25) is 0 Å². The third-order valence-electron chi connectivity index (χ3n) is 13.0. The van der Waals surface area contributed by atoms with Gasteiger partial charge in [-0.15, -0.1) is 0 Å². The summed E-state index contributed by atoms with van der Waals surface area (Å²) in [7, 11) is -4.02. The number of amides is 2. The summed E-state index contributed by atoms with van der Waals surface area (Å²) in [5.41, 5.74) is 9.03. The van der Waals surface area contributed by atoms with Crippen LogP contribution in [0.1, 0.15) is 98.5 Å². The lowest BCUT2D eigenvalue weighted by Crippen LogP contribution is -2.37. The number of anilines is 1. The van der Waals surface area contributed by atoms with Gasteiger partial charge >= 0.3 is 0 Å². The van der Waals surface area contributed by atoms with E-state index in [-0.39, 0.29) is 53.7 Å². The van der Waals surface area contributed by atoms with E-state index in [9.17, 15) is 27.4 Å². The molecule has 2 aliphatic rings. The van der Waals surface area contributed by atoms with E-state index in [0.717, 1.165) is 46.0 Å². The molecule has 0 radical (unpaired) electrons. The summed E-state index contributed by atoms with van der Waals surface area (Å²) < 4.78 is 34.5. The van der Waals surface area contributed by atoms with Crippen molar-refractivity contribution in [3.8, 4) is 0 Å². The van der Waals surface area contributed by atoms with Crippen molar-refractivity contribution in [2.75, 3.05) is 36.8 Å². The van der Waals surface area contributed by atoms with Crippen LogP contribution in [0, 0.1) is 0 Å². The Labute approximate surface area is 389 Å². The Kier molecular flexibility index (Phi) is 14.4. The van der Waals surface area contributed by atoms with Crippen molar-refractivity contribution in [3.63, 3.8) is 0 Å². The van der Waals surface area contributed by atoms with Crippen LogP contribution < -0.4 is 15.5 Å². The molecule has 2 heterocycles. The zero-order valence-corrected chi connectivity index (χ0v) is 39.6. The van der Waals surface area contributed by atoms with Gasteiger partial charge in [0.05, 0.1) is 23.5 Å². The summed E-state index contributed by atoms with van der Waals surface area (Å²) in [4.78, 5) is 41.5. The highest BCUT2D eigenvalue weighted by Crippen LogP contribution is 2.48. The van der Waals surface area contributed by atoms with Gasteiger partial charge in [-0.25, -0.2) is 0 Å². The number of hydrogen-bond acceptors (Lipinski definition) is 6. The molecule has 7 rings (SSSR count). The van der Waals surface area contributed by atoms with Gasteiger partial charge in [0, 0.05) is 71.7 Å². The molecule has 0 aromatic heterocycles. The van der Waals surface area contributed by atoms with Gasteiger partial charge in [0.25, 0.3) is 10.1 Å². The molecule has 0 unspecified atom stereocenters. The fourth-order valence-electron chi connectivity index (χ4n) is 9.51. The maximum atomic E-state index is 13.1. The largest absolute Gasteiger partial charge is 0.354 e. The molecule has 0 saturated carbocycles. The molecular formula is C55H61N4O6S+. The molecule has 1 atom stereocenters. The molecule has 2 amide bonds. The van der Waals surface area contributed by atoms with Crippen LogP contribution in [-0.2, 0) is 37.0 Å². The van der Waals surface area contributed by atoms with Gasteiger partial charge < -0.3 is 15.5 Å². The number of ketones is 1. The smallest absolute Gasteiger partial charge is 0.264 e. The Hall–Kier alpha value is -6.43. The average molecular weight is 906 g/mol. The summed E-state index contributed by atoms with van der Waals surface area (Å²) in [6.07, 6.45) is 11.7. The summed E-state index contributed by atoms with van der Waals surface area (Å²) in [5.74, 6) is -1.15. The summed E-state index contributed by atoms with van der Waals surface area (Å²) in [5, 5.41) is 8.24. The predicted molar refractivity (Wildman–Crippen MR) is 266 cm³/mol. The standard InChI is InChI=1S/C55H60N4O6S/c1-7-58-46-29-27-39(36-50(60)56-31-32-57-53(62)38(2)42-22-18-23-43(37-42)52(61)41-20-10-8-11-21-41)35-45(46)54(3,4)48(58)25-12-9-13-26-49-55(5,6)51-44-24-15-14-19-40(44)28-30-47(51)59(49)33-16-17-34-66(63,64)65/h8-15,18-30,35,37-38H,7,16-17,31-34,36H2,1-6H3,(H2-,56,57,60,62,63,64,65)/p+1/t38-/m0/s1. The first-order chi connectivity index (χ1) is 31.5. The number of unbranched alkanes of at least 4 members (excludes halogenated alkanes) is 1. The number of benzene rings is 5. The molecule has 66 heavy (non-hydrogen) atoms. The Morgan fingerprint density at radius 3 is 2.27 bits per heavy atom. The number of nitrogens with one attached hydrogen (secondary N) is 2. The molecule has 11 heteroatoms. The molecular weight excluding hydrogens is 845 g/mol. The molecule has 0 fully saturated rings. The summed E-state index contributed by atoms with van der Waals surface area (Å²) in [6, 6.07) is 35.2. The quantitative estimate of drug-likeness (QED) is 0.0262. The number of allylic oxidation sites excluding steroid dienone is 6. The maximum absolute atomic E-state index is 13.1. The number of nitrogens with zero attached hydrogens (tertiary/aromatic N) is 2. The number of fused-ring (bicyclic) bond motifs is 4. The lowest BCUT2D eigenvalue weighted by atomic mass is 9.79. The minimum Gasteiger partial charge on any atom is -0.354 e. The van der Waals surface area contributed by atoms with Crippen molar-refractivity contribution < 1.29 is 31.9 Å². The molecule has 0 aliphatic carbocycles. The van der Waals surface area contributed by atoms with Gasteiger partial charge in [0.2, 0.25) is 17.5 Å². The summed E-state index contributed by atoms with van der Waals surface area (Å²) in [6.45, 7) is 14.8. The maximum Gasteiger partial charge on any atom is 0.264 e. The van der Waals surface area contributed by atoms with E-state index in [1.165, 1.54) is 16.3 Å². The van der Waals surface area contributed by atoms with Crippen molar-refractivity contribution in [1.82, 2.24) is 10.6 Å². The number of likely N-dealkylation sites (N-methyl/N-ethyl adjacent to an activating group) is 1. The van der Waals surface area contributed by atoms with Crippen LogP contribution in [0.5, 0.6) is 0 Å². The lowest BCUT2D eigenvalue weighted by Gasteiger charge is -2.25. The van der Waals surface area contributed by atoms with E-state index in [4.69, 9.17) is 0 Å². The van der Waals surface area contributed by atoms with Gasteiger partial charge in [-0.3, -0.25) is 18.9 Å². The van der Waals surface area contributed by atoms with Crippen LogP contribution in [-0.4, -0.2) is 72.8 Å². The van der Waals surface area contributed by atoms with Crippen LogP contribution in [0.25, 0.3) is 10.8 Å². The minimum absolute atomic E-state index is 0.0951. The minimum atomic E-state index is -4.02. The molecule has 2 aliphatic heterocycles. The van der Waals surface area contributed by atoms with Crippen molar-refractivity contribution in [3.05, 3.63) is 179 Å². The Morgan fingerprint density at radius 1 is 0.788 bits per heavy atom. The fourth-order valence-corrected chi connectivity index (χ4v) is 10.1. The second-order valence-corrected chi connectivity index (χ2v) is 19.8. The number of carbonyl (C=O) groups is 3. The predicted octanol–water partition coefficient (Wildman–Crippen LogP) is 9.51. The number of hydrogen-bond donors (Lipinski definition) is 3. The molecule has 5 aromatic carbocycles. The average Bonchev–Trinajstić information content (AvgIpc) is 3.65. The Bertz CT molecular complexity index is 2890. The van der Waals surface area contributed by atoms with Crippen LogP contribution in [0.3, 0.4) is 0 Å². The highest BCUT2D eigenvalue weighted by molar-refractivity contribution is 7.85. The van der Waals surface area contributed by atoms with Crippen molar-refractivity contribution >= 4 is 55.6 Å². The van der Waals surface area contributed by atoms with Gasteiger partial charge in [-0.1, -0.05) is 117 Å². The highest BCUT2D eigenvalue weighted by atomic mass is 32.2. The number of carbonyl (C=O) groups excluding carboxylic acids is 3. The van der Waals surface area contributed by atoms with Crippen LogP contribution in [0.15, 0.2) is 145 Å². The molecule has 0 saturated heterocycles. The Balaban J connectivity index is 0.973. The van der Waals surface area contributed by atoms with Crippen molar-refractivity contribution in [1.29, 1.82) is 0 Å². The van der Waals surface area contributed by atoms with Crippen molar-refractivity contribution in [2.24, 2.45) is 0 Å². The molecule has 0 bridgehead atoms. The van der Waals surface area contributed by atoms with Crippen LogP contribution in [0.4, 0.5) is 11.4 Å². The zero-order valence-electron chi connectivity index (χ0n) is 38.8. The van der Waals surface area contributed by atoms with Gasteiger partial charge in [-0.2, -0.15) is 13.0 Å². The highest BCUT2D eigenvalue weighted by Gasteiger charge is 2.45. The van der Waals surface area contributed by atoms with E-state index in [2.05, 4.69) is 121 Å². The first-order valence-corrected chi connectivity index (χ1v) is 24.4. The number of rotatable bonds is 18. The first kappa shape index (κ1) is 47.5. The molecule has 10 nitrogen and oxygen atoms in total. The monoisotopic (exact) mass is 905 g/mol. The van der Waals surface area contributed by atoms with E-state index in [0.29, 0.717) is 30.5 Å². The third kappa shape index (κ3) is 10.3. The topological polar surface area (TPSA) is 136 Å². The molecule has 0 spiro atoms. The first-order valence-electron chi connectivity index (χ1n) is 22.8. The van der Waals surface area contributed by atoms with Gasteiger partial charge in [-0.05, 0) is 85.9 Å². The second kappa shape index (κ2) is 20.0. The van der Waals surface area contributed by atoms with Gasteiger partial charge in [0.1, 0.15) is 6.54 Å². The lowest BCUT2D eigenvalue weighted by molar-refractivity contribution is -0.438.